The number of aryl methyl sites for hydroxylation is 1. The van der Waals surface area contributed by atoms with E-state index in [-0.39, 0.29) is 0 Å². The van der Waals surface area contributed by atoms with Gasteiger partial charge in [0.15, 0.2) is 0 Å². The Morgan fingerprint density at radius 1 is 1.44 bits per heavy atom. The van der Waals surface area contributed by atoms with E-state index in [1.165, 1.54) is 48.4 Å². The maximum absolute atomic E-state index is 4.26. The summed E-state index contributed by atoms with van der Waals surface area (Å²) in [4.78, 5) is 5.62. The average molecular weight is 238 g/mol. The van der Waals surface area contributed by atoms with E-state index in [1.807, 2.05) is 6.20 Å². The third-order valence-electron chi connectivity index (χ3n) is 3.41. The van der Waals surface area contributed by atoms with Crippen LogP contribution in [-0.4, -0.2) is 11.5 Å². The van der Waals surface area contributed by atoms with Crippen LogP contribution >= 0.6 is 11.3 Å². The Balaban J connectivity index is 1.51. The van der Waals surface area contributed by atoms with Crippen molar-refractivity contribution < 1.29 is 0 Å². The van der Waals surface area contributed by atoms with Crippen molar-refractivity contribution in [3.63, 3.8) is 0 Å². The summed E-state index contributed by atoms with van der Waals surface area (Å²) >= 11 is 1.80. The van der Waals surface area contributed by atoms with Crippen LogP contribution in [-0.2, 0) is 6.54 Å². The molecule has 1 saturated carbocycles. The van der Waals surface area contributed by atoms with Gasteiger partial charge in [0, 0.05) is 17.6 Å². The number of rotatable bonds is 6. The molecule has 0 unspecified atom stereocenters. The van der Waals surface area contributed by atoms with Gasteiger partial charge < -0.3 is 5.32 Å². The molecule has 0 aromatic carbocycles. The van der Waals surface area contributed by atoms with Crippen LogP contribution < -0.4 is 5.32 Å². The molecule has 3 heteroatoms. The van der Waals surface area contributed by atoms with Gasteiger partial charge in [-0.25, -0.2) is 4.98 Å². The molecule has 0 spiro atoms. The molecule has 0 aliphatic heterocycles. The van der Waals surface area contributed by atoms with Crippen LogP contribution in [0.5, 0.6) is 0 Å². The van der Waals surface area contributed by atoms with Gasteiger partial charge in [-0.05, 0) is 32.2 Å². The minimum absolute atomic E-state index is 0.996. The highest BCUT2D eigenvalue weighted by atomic mass is 32.1. The summed E-state index contributed by atoms with van der Waals surface area (Å²) in [6, 6.07) is 0. The molecule has 2 nitrogen and oxygen atoms in total. The minimum atomic E-state index is 0.996. The number of nitrogens with one attached hydrogen (secondary N) is 1. The van der Waals surface area contributed by atoms with E-state index >= 15 is 0 Å². The Labute approximate surface area is 102 Å². The summed E-state index contributed by atoms with van der Waals surface area (Å²) in [7, 11) is 0. The molecule has 1 aliphatic rings. The van der Waals surface area contributed by atoms with Crippen LogP contribution in [0, 0.1) is 12.8 Å². The zero-order valence-electron chi connectivity index (χ0n) is 10.2. The summed E-state index contributed by atoms with van der Waals surface area (Å²) in [5.74, 6) is 1.03. The van der Waals surface area contributed by atoms with Gasteiger partial charge in [-0.2, -0.15) is 0 Å². The van der Waals surface area contributed by atoms with Crippen molar-refractivity contribution in [1.82, 2.24) is 10.3 Å². The lowest BCUT2D eigenvalue weighted by Crippen LogP contribution is -2.14. The first-order chi connectivity index (χ1) is 7.84. The predicted octanol–water partition coefficient (Wildman–Crippen LogP) is 3.51. The van der Waals surface area contributed by atoms with Crippen LogP contribution in [0.2, 0.25) is 0 Å². The van der Waals surface area contributed by atoms with Gasteiger partial charge >= 0.3 is 0 Å². The lowest BCUT2D eigenvalue weighted by molar-refractivity contribution is 0.471. The largest absolute Gasteiger partial charge is 0.312 e. The summed E-state index contributed by atoms with van der Waals surface area (Å²) in [6.45, 7) is 4.22. The summed E-state index contributed by atoms with van der Waals surface area (Å²) < 4.78 is 0. The molecule has 1 N–H and O–H groups in total. The third kappa shape index (κ3) is 3.87. The molecule has 1 aromatic heterocycles. The molecule has 0 atom stereocenters. The molecule has 1 aromatic rings. The molecule has 0 radical (unpaired) electrons. The van der Waals surface area contributed by atoms with E-state index in [2.05, 4.69) is 17.2 Å². The minimum Gasteiger partial charge on any atom is -0.312 e. The molecule has 90 valence electrons. The van der Waals surface area contributed by atoms with Gasteiger partial charge in [0.25, 0.3) is 0 Å². The van der Waals surface area contributed by atoms with Crippen molar-refractivity contribution in [3.8, 4) is 0 Å². The van der Waals surface area contributed by atoms with Gasteiger partial charge in [0.2, 0.25) is 0 Å². The van der Waals surface area contributed by atoms with Crippen molar-refractivity contribution in [2.75, 3.05) is 6.54 Å². The van der Waals surface area contributed by atoms with Gasteiger partial charge in [-0.15, -0.1) is 11.3 Å². The van der Waals surface area contributed by atoms with Crippen molar-refractivity contribution in [3.05, 3.63) is 16.1 Å². The SMILES string of the molecule is Cc1ncc(CNCCCC2CCCC2)s1. The van der Waals surface area contributed by atoms with Gasteiger partial charge in [-0.1, -0.05) is 25.7 Å². The number of aromatic nitrogens is 1. The lowest BCUT2D eigenvalue weighted by Gasteiger charge is -2.08. The van der Waals surface area contributed by atoms with Gasteiger partial charge in [0.1, 0.15) is 0 Å². The molecule has 0 bridgehead atoms. The van der Waals surface area contributed by atoms with Crippen LogP contribution in [0.25, 0.3) is 0 Å². The van der Waals surface area contributed by atoms with Crippen LogP contribution in [0.3, 0.4) is 0 Å². The topological polar surface area (TPSA) is 24.9 Å². The fourth-order valence-corrected chi connectivity index (χ4v) is 3.28. The summed E-state index contributed by atoms with van der Waals surface area (Å²) in [5, 5.41) is 4.68. The molecule has 1 fully saturated rings. The lowest BCUT2D eigenvalue weighted by atomic mass is 10.0. The van der Waals surface area contributed by atoms with Crippen molar-refractivity contribution in [2.24, 2.45) is 5.92 Å². The Bertz CT molecular complexity index is 303. The maximum atomic E-state index is 4.26. The Morgan fingerprint density at radius 3 is 2.94 bits per heavy atom. The van der Waals surface area contributed by atoms with E-state index in [0.717, 1.165) is 19.0 Å². The first-order valence-electron chi connectivity index (χ1n) is 6.46. The molecular formula is C13H22N2S. The number of nitrogens with zero attached hydrogens (tertiary/aromatic N) is 1. The second-order valence-corrected chi connectivity index (χ2v) is 6.13. The second kappa shape index (κ2) is 6.36. The van der Waals surface area contributed by atoms with Crippen molar-refractivity contribution >= 4 is 11.3 Å². The van der Waals surface area contributed by atoms with Gasteiger partial charge in [-0.3, -0.25) is 0 Å². The normalized spacial score (nSPS) is 17.1. The Hall–Kier alpha value is -0.410. The van der Waals surface area contributed by atoms with E-state index in [4.69, 9.17) is 0 Å². The first kappa shape index (κ1) is 12.1. The summed E-state index contributed by atoms with van der Waals surface area (Å²) in [5.41, 5.74) is 0. The molecule has 16 heavy (non-hydrogen) atoms. The average Bonchev–Trinajstić information content (AvgIpc) is 2.89. The second-order valence-electron chi connectivity index (χ2n) is 4.82. The smallest absolute Gasteiger partial charge is 0.0897 e. The number of thiazole rings is 1. The highest BCUT2D eigenvalue weighted by Gasteiger charge is 2.13. The molecule has 1 aliphatic carbocycles. The monoisotopic (exact) mass is 238 g/mol. The molecule has 0 amide bonds. The highest BCUT2D eigenvalue weighted by Crippen LogP contribution is 2.28. The molecule has 2 rings (SSSR count). The zero-order chi connectivity index (χ0) is 11.2. The molecule has 1 heterocycles. The van der Waals surface area contributed by atoms with Crippen LogP contribution in [0.15, 0.2) is 6.20 Å². The molecule has 0 saturated heterocycles. The molecular weight excluding hydrogens is 216 g/mol. The Morgan fingerprint density at radius 2 is 2.25 bits per heavy atom. The van der Waals surface area contributed by atoms with Crippen molar-refractivity contribution in [1.29, 1.82) is 0 Å². The van der Waals surface area contributed by atoms with E-state index in [0.29, 0.717) is 0 Å². The highest BCUT2D eigenvalue weighted by molar-refractivity contribution is 7.11. The fourth-order valence-electron chi connectivity index (χ4n) is 2.51. The van der Waals surface area contributed by atoms with Crippen LogP contribution in [0.1, 0.15) is 48.4 Å². The predicted molar refractivity (Wildman–Crippen MR) is 69.7 cm³/mol. The quantitative estimate of drug-likeness (QED) is 0.767. The van der Waals surface area contributed by atoms with Gasteiger partial charge in [0.05, 0.1) is 5.01 Å². The number of hydrogen-bond donors (Lipinski definition) is 1. The van der Waals surface area contributed by atoms with Crippen LogP contribution in [0.4, 0.5) is 0 Å². The zero-order valence-corrected chi connectivity index (χ0v) is 11.0. The standard InChI is InChI=1S/C13H22N2S/c1-11-15-10-13(16-11)9-14-8-4-7-12-5-2-3-6-12/h10,12,14H,2-9H2,1H3. The van der Waals surface area contributed by atoms with E-state index in [9.17, 15) is 0 Å². The third-order valence-corrected chi connectivity index (χ3v) is 4.32. The summed E-state index contributed by atoms with van der Waals surface area (Å²) in [6.07, 6.45) is 10.7. The fraction of sp³-hybridized carbons (Fsp3) is 0.769. The van der Waals surface area contributed by atoms with E-state index in [1.54, 1.807) is 11.3 Å². The Kier molecular flexibility index (Phi) is 4.79. The first-order valence-corrected chi connectivity index (χ1v) is 7.28. The van der Waals surface area contributed by atoms with Crippen molar-refractivity contribution in [2.45, 2.75) is 52.0 Å². The van der Waals surface area contributed by atoms with E-state index < -0.39 is 0 Å². The maximum Gasteiger partial charge on any atom is 0.0897 e. The number of hydrogen-bond acceptors (Lipinski definition) is 3.